The average Bonchev–Trinajstić information content (AvgIpc) is 2.84. The molecule has 12 heteroatoms. The number of aliphatic hydroxyl groups is 6. The Bertz CT molecular complexity index is 541. The maximum absolute atomic E-state index is 14.1. The van der Waals surface area contributed by atoms with E-state index in [0.717, 1.165) is 0 Å². The number of rotatable bonds is 15. The van der Waals surface area contributed by atoms with Gasteiger partial charge in [0.2, 0.25) is 0 Å². The summed E-state index contributed by atoms with van der Waals surface area (Å²) in [5.74, 6) is -2.95. The van der Waals surface area contributed by atoms with Crippen molar-refractivity contribution in [3.8, 4) is 0 Å². The Kier molecular flexibility index (Phi) is 16.3. The van der Waals surface area contributed by atoms with E-state index in [1.807, 2.05) is 14.7 Å². The van der Waals surface area contributed by atoms with Crippen LogP contribution in [0.5, 0.6) is 0 Å². The van der Waals surface area contributed by atoms with Crippen LogP contribution in [0, 0.1) is 17.8 Å². The van der Waals surface area contributed by atoms with Crippen LogP contribution >= 0.6 is 0 Å². The Morgan fingerprint density at radius 1 is 0.436 bits per heavy atom. The van der Waals surface area contributed by atoms with Crippen molar-refractivity contribution in [3.05, 3.63) is 0 Å². The average molecular weight is 574 g/mol. The van der Waals surface area contributed by atoms with Gasteiger partial charge in [-0.15, -0.1) is 0 Å². The van der Waals surface area contributed by atoms with Gasteiger partial charge < -0.3 is 30.6 Å². The molecule has 0 aromatic rings. The molecule has 0 aliphatic carbocycles. The van der Waals surface area contributed by atoms with Crippen LogP contribution in [0.1, 0.15) is 41.5 Å². The fourth-order valence-corrected chi connectivity index (χ4v) is 5.92. The van der Waals surface area contributed by atoms with E-state index in [1.165, 1.54) is 41.5 Å². The van der Waals surface area contributed by atoms with E-state index in [9.17, 15) is 43.8 Å². The highest BCUT2D eigenvalue weighted by atomic mass is 19.1. The van der Waals surface area contributed by atoms with Crippen LogP contribution in [0.25, 0.3) is 0 Å². The lowest BCUT2D eigenvalue weighted by molar-refractivity contribution is -0.0372. The molecule has 12 unspecified atom stereocenters. The first-order valence-corrected chi connectivity index (χ1v) is 14.2. The van der Waals surface area contributed by atoms with E-state index in [1.54, 1.807) is 0 Å². The van der Waals surface area contributed by atoms with Gasteiger partial charge in [-0.2, -0.15) is 0 Å². The smallest absolute Gasteiger partial charge is 0.105 e. The van der Waals surface area contributed by atoms with E-state index >= 15 is 0 Å². The molecule has 0 aromatic heterocycles. The molecule has 1 heterocycles. The molecular formula is C27H54F3N3O6. The molecule has 0 amide bonds. The third kappa shape index (κ3) is 12.1. The minimum atomic E-state index is -1.43. The minimum absolute atomic E-state index is 0.0756. The monoisotopic (exact) mass is 573 g/mol. The molecule has 1 saturated heterocycles. The third-order valence-electron chi connectivity index (χ3n) is 8.13. The summed E-state index contributed by atoms with van der Waals surface area (Å²) in [6.45, 7) is 11.0. The molecule has 234 valence electrons. The Labute approximate surface area is 232 Å². The van der Waals surface area contributed by atoms with Crippen molar-refractivity contribution in [1.82, 2.24) is 14.7 Å². The first-order chi connectivity index (χ1) is 18.1. The van der Waals surface area contributed by atoms with E-state index in [-0.39, 0.29) is 19.6 Å². The Balaban J connectivity index is 3.11. The predicted octanol–water partition coefficient (Wildman–Crippen LogP) is 0.0537. The van der Waals surface area contributed by atoms with Gasteiger partial charge in [-0.05, 0) is 41.5 Å². The van der Waals surface area contributed by atoms with Crippen LogP contribution < -0.4 is 0 Å². The highest BCUT2D eigenvalue weighted by molar-refractivity contribution is 4.86. The van der Waals surface area contributed by atoms with E-state index in [4.69, 9.17) is 0 Å². The predicted molar refractivity (Wildman–Crippen MR) is 145 cm³/mol. The topological polar surface area (TPSA) is 131 Å². The van der Waals surface area contributed by atoms with Gasteiger partial charge in [0.05, 0.1) is 36.6 Å². The molecule has 1 fully saturated rings. The minimum Gasteiger partial charge on any atom is -0.393 e. The van der Waals surface area contributed by atoms with Crippen molar-refractivity contribution in [1.29, 1.82) is 0 Å². The molecule has 12 atom stereocenters. The van der Waals surface area contributed by atoms with Crippen molar-refractivity contribution in [2.75, 3.05) is 58.9 Å². The second kappa shape index (κ2) is 17.4. The number of nitrogens with zero attached hydrogens (tertiary/aromatic N) is 3. The summed E-state index contributed by atoms with van der Waals surface area (Å²) in [6.07, 6.45) is -10.9. The van der Waals surface area contributed by atoms with Crippen LogP contribution in [0.15, 0.2) is 0 Å². The lowest BCUT2D eigenvalue weighted by atomic mass is 9.92. The Hall–Kier alpha value is -0.570. The van der Waals surface area contributed by atoms with Crippen molar-refractivity contribution < 1.29 is 43.8 Å². The number of alkyl halides is 3. The fourth-order valence-electron chi connectivity index (χ4n) is 5.92. The molecule has 1 rings (SSSR count). The Morgan fingerprint density at radius 3 is 0.744 bits per heavy atom. The summed E-state index contributed by atoms with van der Waals surface area (Å²) >= 11 is 0. The van der Waals surface area contributed by atoms with Gasteiger partial charge in [0.25, 0.3) is 0 Å². The summed E-state index contributed by atoms with van der Waals surface area (Å²) in [5, 5.41) is 62.3. The van der Waals surface area contributed by atoms with Gasteiger partial charge in [0, 0.05) is 76.7 Å². The second-order valence-electron chi connectivity index (χ2n) is 11.6. The van der Waals surface area contributed by atoms with Crippen LogP contribution in [-0.4, -0.2) is 159 Å². The number of β-amino-alcohol motifs (C(OH)–C–C–N with tert-alkyl or cyclic N) is 3. The van der Waals surface area contributed by atoms with Crippen LogP contribution in [-0.2, 0) is 0 Å². The van der Waals surface area contributed by atoms with E-state index in [0.29, 0.717) is 39.3 Å². The van der Waals surface area contributed by atoms with Gasteiger partial charge in [0.15, 0.2) is 0 Å². The number of aliphatic hydroxyl groups excluding tert-OH is 6. The molecule has 9 nitrogen and oxygen atoms in total. The van der Waals surface area contributed by atoms with Gasteiger partial charge in [-0.3, -0.25) is 14.7 Å². The lowest BCUT2D eigenvalue weighted by Crippen LogP contribution is -2.48. The van der Waals surface area contributed by atoms with Gasteiger partial charge in [0.1, 0.15) is 18.5 Å². The van der Waals surface area contributed by atoms with Gasteiger partial charge >= 0.3 is 0 Å². The summed E-state index contributed by atoms with van der Waals surface area (Å²) in [5.41, 5.74) is 0. The summed E-state index contributed by atoms with van der Waals surface area (Å²) in [4.78, 5) is 5.71. The van der Waals surface area contributed by atoms with Crippen LogP contribution in [0.2, 0.25) is 0 Å². The van der Waals surface area contributed by atoms with E-state index in [2.05, 4.69) is 0 Å². The van der Waals surface area contributed by atoms with Crippen molar-refractivity contribution in [3.63, 3.8) is 0 Å². The van der Waals surface area contributed by atoms with Gasteiger partial charge in [-0.1, -0.05) is 0 Å². The quantitative estimate of drug-likeness (QED) is 0.161. The second-order valence-corrected chi connectivity index (χ2v) is 11.6. The summed E-state index contributed by atoms with van der Waals surface area (Å²) < 4.78 is 42.4. The van der Waals surface area contributed by atoms with E-state index < -0.39 is 72.9 Å². The van der Waals surface area contributed by atoms with Crippen molar-refractivity contribution in [2.24, 2.45) is 17.8 Å². The summed E-state index contributed by atoms with van der Waals surface area (Å²) in [6, 6.07) is 0. The fraction of sp³-hybridized carbons (Fsp3) is 1.00. The van der Waals surface area contributed by atoms with Gasteiger partial charge in [-0.25, -0.2) is 13.2 Å². The standard InChI is InChI=1S/C27H54F3N3O6/c1-16(28)25(19(4)34)22(37)13-31-7-9-32(14-23(38)26(17(2)29)20(5)35)11-12-33(10-8-31)15-24(39)27(18(3)30)21(6)36/h16-27,34-39H,7-15H2,1-6H3. The van der Waals surface area contributed by atoms with Crippen LogP contribution in [0.3, 0.4) is 0 Å². The highest BCUT2D eigenvalue weighted by Gasteiger charge is 2.35. The molecule has 0 saturated carbocycles. The number of hydrogen-bond acceptors (Lipinski definition) is 9. The molecule has 0 radical (unpaired) electrons. The first kappa shape index (κ1) is 36.5. The largest absolute Gasteiger partial charge is 0.393 e. The Morgan fingerprint density at radius 2 is 0.615 bits per heavy atom. The van der Waals surface area contributed by atoms with Crippen LogP contribution in [0.4, 0.5) is 13.2 Å². The number of halogens is 3. The number of hydrogen-bond donors (Lipinski definition) is 6. The van der Waals surface area contributed by atoms with Crippen molar-refractivity contribution in [2.45, 2.75) is 96.7 Å². The molecule has 0 spiro atoms. The third-order valence-corrected chi connectivity index (χ3v) is 8.13. The molecule has 0 bridgehead atoms. The molecule has 6 N–H and O–H groups in total. The molecule has 1 aliphatic rings. The maximum atomic E-state index is 14.1. The zero-order valence-corrected chi connectivity index (χ0v) is 24.5. The summed E-state index contributed by atoms with van der Waals surface area (Å²) in [7, 11) is 0. The maximum Gasteiger partial charge on any atom is 0.105 e. The zero-order chi connectivity index (χ0) is 30.0. The first-order valence-electron chi connectivity index (χ1n) is 14.2. The lowest BCUT2D eigenvalue weighted by Gasteiger charge is -2.34. The zero-order valence-electron chi connectivity index (χ0n) is 24.5. The highest BCUT2D eigenvalue weighted by Crippen LogP contribution is 2.22. The molecular weight excluding hydrogens is 519 g/mol. The normalized spacial score (nSPS) is 26.5. The SMILES string of the molecule is CC(O)C(C(C)F)C(O)CN1CCN(CC(O)C(C(C)O)C(C)F)CCN(CC(O)C(C(C)O)C(C)F)CC1. The molecule has 39 heavy (non-hydrogen) atoms. The molecule has 1 aliphatic heterocycles. The molecule has 0 aromatic carbocycles. The van der Waals surface area contributed by atoms with Crippen molar-refractivity contribution >= 4 is 0 Å².